The Hall–Kier alpha value is 0.130. The van der Waals surface area contributed by atoms with Gasteiger partial charge < -0.3 is 18.9 Å². The highest BCUT2D eigenvalue weighted by atomic mass is 35.5. The molecule has 0 rings (SSSR count). The van der Waals surface area contributed by atoms with Crippen molar-refractivity contribution < 1.29 is 18.9 Å². The maximum atomic E-state index is 5.41. The van der Waals surface area contributed by atoms with Crippen LogP contribution >= 0.6 is 11.6 Å². The molecule has 0 aliphatic rings. The average molecular weight is 227 g/mol. The number of ether oxygens (including phenoxy) is 4. The molecule has 14 heavy (non-hydrogen) atoms. The summed E-state index contributed by atoms with van der Waals surface area (Å²) in [5, 5.41) is 0. The monoisotopic (exact) mass is 226 g/mol. The van der Waals surface area contributed by atoms with E-state index in [9.17, 15) is 0 Å². The molecule has 0 heterocycles. The van der Waals surface area contributed by atoms with Gasteiger partial charge in [0.05, 0.1) is 33.0 Å². The Morgan fingerprint density at radius 2 is 1.36 bits per heavy atom. The second-order valence-electron chi connectivity index (χ2n) is 2.43. The van der Waals surface area contributed by atoms with Gasteiger partial charge in [-0.05, 0) is 6.92 Å². The Balaban J connectivity index is 2.78. The minimum absolute atomic E-state index is 0.289. The molecule has 86 valence electrons. The van der Waals surface area contributed by atoms with Gasteiger partial charge >= 0.3 is 0 Å². The minimum atomic E-state index is 0.289. The molecule has 0 atom stereocenters. The van der Waals surface area contributed by atoms with Gasteiger partial charge in [0.1, 0.15) is 6.79 Å². The van der Waals surface area contributed by atoms with Gasteiger partial charge in [0, 0.05) is 12.5 Å². The summed E-state index contributed by atoms with van der Waals surface area (Å²) in [5.74, 6) is 0.519. The third kappa shape index (κ3) is 12.1. The third-order valence-electron chi connectivity index (χ3n) is 1.34. The van der Waals surface area contributed by atoms with Gasteiger partial charge in [-0.2, -0.15) is 0 Å². The first kappa shape index (κ1) is 14.1. The lowest BCUT2D eigenvalue weighted by atomic mass is 10.7. The van der Waals surface area contributed by atoms with E-state index in [0.717, 1.165) is 6.61 Å². The summed E-state index contributed by atoms with van der Waals surface area (Å²) >= 11 is 5.41. The minimum Gasteiger partial charge on any atom is -0.379 e. The van der Waals surface area contributed by atoms with Gasteiger partial charge in [0.15, 0.2) is 0 Å². The molecule has 0 spiro atoms. The highest BCUT2D eigenvalue weighted by molar-refractivity contribution is 6.17. The maximum absolute atomic E-state index is 5.41. The van der Waals surface area contributed by atoms with Gasteiger partial charge in [0.25, 0.3) is 0 Å². The van der Waals surface area contributed by atoms with E-state index in [-0.39, 0.29) is 6.79 Å². The van der Waals surface area contributed by atoms with Crippen molar-refractivity contribution in [2.75, 3.05) is 52.3 Å². The summed E-state index contributed by atoms with van der Waals surface area (Å²) in [6.07, 6.45) is 0. The molecule has 0 radical (unpaired) electrons. The van der Waals surface area contributed by atoms with Crippen LogP contribution in [-0.2, 0) is 18.9 Å². The van der Waals surface area contributed by atoms with Crippen LogP contribution in [0.3, 0.4) is 0 Å². The van der Waals surface area contributed by atoms with E-state index in [1.165, 1.54) is 0 Å². The topological polar surface area (TPSA) is 36.9 Å². The van der Waals surface area contributed by atoms with Crippen molar-refractivity contribution in [1.29, 1.82) is 0 Å². The Morgan fingerprint density at radius 1 is 0.786 bits per heavy atom. The van der Waals surface area contributed by atoms with Crippen molar-refractivity contribution >= 4 is 11.6 Å². The van der Waals surface area contributed by atoms with E-state index in [2.05, 4.69) is 0 Å². The van der Waals surface area contributed by atoms with Crippen LogP contribution in [0.15, 0.2) is 0 Å². The molecule has 5 heteroatoms. The van der Waals surface area contributed by atoms with Crippen molar-refractivity contribution in [3.63, 3.8) is 0 Å². The number of halogens is 1. The second kappa shape index (κ2) is 13.1. The lowest BCUT2D eigenvalue weighted by molar-refractivity contribution is -0.0801. The Kier molecular flexibility index (Phi) is 13.3. The van der Waals surface area contributed by atoms with Crippen LogP contribution in [0, 0.1) is 0 Å². The SMILES string of the molecule is CCOCCOCOCCOCCCl. The fourth-order valence-corrected chi connectivity index (χ4v) is 0.823. The van der Waals surface area contributed by atoms with Crippen molar-refractivity contribution in [3.05, 3.63) is 0 Å². The molecule has 0 saturated heterocycles. The molecule has 4 nitrogen and oxygen atoms in total. The molecule has 0 aromatic heterocycles. The summed E-state index contributed by atoms with van der Waals surface area (Å²) in [6.45, 7) is 5.79. The molecule has 0 aromatic rings. The lowest BCUT2D eigenvalue weighted by Gasteiger charge is -2.05. The van der Waals surface area contributed by atoms with E-state index in [1.807, 2.05) is 6.92 Å². The van der Waals surface area contributed by atoms with Crippen LogP contribution in [0.2, 0.25) is 0 Å². The lowest BCUT2D eigenvalue weighted by Crippen LogP contribution is -2.10. The van der Waals surface area contributed by atoms with Gasteiger partial charge in [-0.3, -0.25) is 0 Å². The number of hydrogen-bond acceptors (Lipinski definition) is 4. The fraction of sp³-hybridized carbons (Fsp3) is 1.00. The molecule has 0 aliphatic heterocycles. The molecule has 0 unspecified atom stereocenters. The normalized spacial score (nSPS) is 10.7. The summed E-state index contributed by atoms with van der Waals surface area (Å²) in [7, 11) is 0. The zero-order valence-electron chi connectivity index (χ0n) is 8.67. The molecule has 0 N–H and O–H groups in total. The molecule has 0 bridgehead atoms. The van der Waals surface area contributed by atoms with Crippen LogP contribution in [0.5, 0.6) is 0 Å². The number of alkyl halides is 1. The van der Waals surface area contributed by atoms with E-state index in [1.54, 1.807) is 0 Å². The Bertz CT molecular complexity index is 90.8. The summed E-state index contributed by atoms with van der Waals surface area (Å²) in [6, 6.07) is 0. The van der Waals surface area contributed by atoms with Crippen molar-refractivity contribution in [2.45, 2.75) is 6.92 Å². The smallest absolute Gasteiger partial charge is 0.146 e. The zero-order chi connectivity index (χ0) is 10.5. The first-order chi connectivity index (χ1) is 6.91. The van der Waals surface area contributed by atoms with E-state index < -0.39 is 0 Å². The van der Waals surface area contributed by atoms with Crippen molar-refractivity contribution in [1.82, 2.24) is 0 Å². The van der Waals surface area contributed by atoms with Gasteiger partial charge in [-0.25, -0.2) is 0 Å². The van der Waals surface area contributed by atoms with E-state index >= 15 is 0 Å². The summed E-state index contributed by atoms with van der Waals surface area (Å²) < 4.78 is 20.4. The molecular weight excluding hydrogens is 208 g/mol. The van der Waals surface area contributed by atoms with Crippen LogP contribution in [0.1, 0.15) is 6.92 Å². The fourth-order valence-electron chi connectivity index (χ4n) is 0.713. The standard InChI is InChI=1S/C9H19ClO4/c1-2-11-5-7-13-9-14-8-6-12-4-3-10/h2-9H2,1H3. The van der Waals surface area contributed by atoms with Crippen LogP contribution in [0.4, 0.5) is 0 Å². The first-order valence-electron chi connectivity index (χ1n) is 4.78. The van der Waals surface area contributed by atoms with Crippen LogP contribution in [-0.4, -0.2) is 52.3 Å². The maximum Gasteiger partial charge on any atom is 0.146 e. The van der Waals surface area contributed by atoms with Crippen LogP contribution in [0.25, 0.3) is 0 Å². The molecular formula is C9H19ClO4. The highest BCUT2D eigenvalue weighted by Crippen LogP contribution is 1.83. The molecule has 0 fully saturated rings. The molecule has 0 aromatic carbocycles. The Labute approximate surface area is 90.4 Å². The molecule has 0 aliphatic carbocycles. The third-order valence-corrected chi connectivity index (χ3v) is 1.49. The molecule has 0 amide bonds. The largest absolute Gasteiger partial charge is 0.379 e. The van der Waals surface area contributed by atoms with Crippen LogP contribution < -0.4 is 0 Å². The Morgan fingerprint density at radius 3 is 1.93 bits per heavy atom. The number of hydrogen-bond donors (Lipinski definition) is 0. The van der Waals surface area contributed by atoms with Crippen molar-refractivity contribution in [2.24, 2.45) is 0 Å². The molecule has 0 saturated carbocycles. The van der Waals surface area contributed by atoms with Gasteiger partial charge in [0.2, 0.25) is 0 Å². The summed E-state index contributed by atoms with van der Waals surface area (Å²) in [5.41, 5.74) is 0. The van der Waals surface area contributed by atoms with E-state index in [0.29, 0.717) is 38.9 Å². The van der Waals surface area contributed by atoms with Gasteiger partial charge in [-0.1, -0.05) is 0 Å². The van der Waals surface area contributed by atoms with E-state index in [4.69, 9.17) is 30.5 Å². The predicted molar refractivity (Wildman–Crippen MR) is 54.8 cm³/mol. The average Bonchev–Trinajstić information content (AvgIpc) is 2.21. The number of rotatable bonds is 11. The highest BCUT2D eigenvalue weighted by Gasteiger charge is 1.90. The predicted octanol–water partition coefficient (Wildman–Crippen LogP) is 1.27. The van der Waals surface area contributed by atoms with Gasteiger partial charge in [-0.15, -0.1) is 11.6 Å². The quantitative estimate of drug-likeness (QED) is 0.302. The first-order valence-corrected chi connectivity index (χ1v) is 5.32. The zero-order valence-corrected chi connectivity index (χ0v) is 9.42. The van der Waals surface area contributed by atoms with Crippen molar-refractivity contribution in [3.8, 4) is 0 Å². The second-order valence-corrected chi connectivity index (χ2v) is 2.81. The summed E-state index contributed by atoms with van der Waals surface area (Å²) in [4.78, 5) is 0.